The average Bonchev–Trinajstić information content (AvgIpc) is 2.57. The number of hydrogen-bond donors (Lipinski definition) is 1. The minimum Gasteiger partial charge on any atom is -0.340 e. The van der Waals surface area contributed by atoms with Gasteiger partial charge in [0.05, 0.1) is 5.52 Å². The predicted molar refractivity (Wildman–Crippen MR) is 71.3 cm³/mol. The maximum absolute atomic E-state index is 4.59. The number of aromatic nitrogens is 3. The quantitative estimate of drug-likeness (QED) is 0.753. The molecule has 3 nitrogen and oxygen atoms in total. The molecule has 0 aromatic carbocycles. The Labute approximate surface area is 103 Å². The minimum absolute atomic E-state index is 0.0237. The van der Waals surface area contributed by atoms with Gasteiger partial charge in [-0.15, -0.1) is 0 Å². The first-order valence-electron chi connectivity index (χ1n) is 6.05. The fraction of sp³-hybridized carbons (Fsp3) is 0.571. The monoisotopic (exact) mass is 231 g/mol. The van der Waals surface area contributed by atoms with E-state index < -0.39 is 0 Å². The Hall–Kier alpha value is -1.38. The summed E-state index contributed by atoms with van der Waals surface area (Å²) >= 11 is 0. The standard InChI is InChI=1S/C14H21N3/c1-13(2,3)9-7-8-15-11-10(9)16-12(17-11)14(4,5)6/h7-8H,1-6H3,(H,15,16,17). The van der Waals surface area contributed by atoms with E-state index in [2.05, 4.69) is 62.6 Å². The second-order valence-electron chi connectivity index (χ2n) is 6.64. The molecule has 0 fully saturated rings. The van der Waals surface area contributed by atoms with Gasteiger partial charge in [-0.05, 0) is 17.0 Å². The van der Waals surface area contributed by atoms with Gasteiger partial charge in [-0.1, -0.05) is 41.5 Å². The van der Waals surface area contributed by atoms with Gasteiger partial charge in [-0.25, -0.2) is 9.97 Å². The minimum atomic E-state index is 0.0237. The molecule has 2 rings (SSSR count). The number of rotatable bonds is 0. The highest BCUT2D eigenvalue weighted by molar-refractivity contribution is 5.76. The summed E-state index contributed by atoms with van der Waals surface area (Å²) in [6.07, 6.45) is 1.84. The summed E-state index contributed by atoms with van der Waals surface area (Å²) < 4.78 is 0. The predicted octanol–water partition coefficient (Wildman–Crippen LogP) is 3.55. The Morgan fingerprint density at radius 3 is 2.18 bits per heavy atom. The Morgan fingerprint density at radius 2 is 1.65 bits per heavy atom. The number of nitrogens with zero attached hydrogens (tertiary/aromatic N) is 2. The van der Waals surface area contributed by atoms with E-state index in [9.17, 15) is 0 Å². The summed E-state index contributed by atoms with van der Waals surface area (Å²) in [6, 6.07) is 2.08. The van der Waals surface area contributed by atoms with Crippen molar-refractivity contribution in [3.05, 3.63) is 23.7 Å². The largest absolute Gasteiger partial charge is 0.340 e. The lowest BCUT2D eigenvalue weighted by Gasteiger charge is -2.19. The van der Waals surface area contributed by atoms with Gasteiger partial charge in [0.2, 0.25) is 0 Å². The van der Waals surface area contributed by atoms with Gasteiger partial charge in [0.1, 0.15) is 5.82 Å². The van der Waals surface area contributed by atoms with Gasteiger partial charge in [0.25, 0.3) is 0 Å². The second-order valence-corrected chi connectivity index (χ2v) is 6.64. The molecule has 1 N–H and O–H groups in total. The van der Waals surface area contributed by atoms with Crippen LogP contribution in [0, 0.1) is 0 Å². The third-order valence-electron chi connectivity index (χ3n) is 2.91. The Balaban J connectivity index is 2.70. The van der Waals surface area contributed by atoms with Crippen molar-refractivity contribution in [2.75, 3.05) is 0 Å². The van der Waals surface area contributed by atoms with Gasteiger partial charge in [-0.3, -0.25) is 0 Å². The van der Waals surface area contributed by atoms with Gasteiger partial charge < -0.3 is 4.98 Å². The summed E-state index contributed by atoms with van der Waals surface area (Å²) in [6.45, 7) is 13.1. The molecule has 0 atom stereocenters. The van der Waals surface area contributed by atoms with E-state index in [-0.39, 0.29) is 10.8 Å². The van der Waals surface area contributed by atoms with E-state index in [0.717, 1.165) is 17.0 Å². The highest BCUT2D eigenvalue weighted by atomic mass is 15.0. The lowest BCUT2D eigenvalue weighted by molar-refractivity contribution is 0.553. The van der Waals surface area contributed by atoms with Crippen molar-refractivity contribution in [2.45, 2.75) is 52.4 Å². The zero-order valence-corrected chi connectivity index (χ0v) is 11.5. The lowest BCUT2D eigenvalue weighted by atomic mass is 9.87. The van der Waals surface area contributed by atoms with E-state index >= 15 is 0 Å². The zero-order valence-electron chi connectivity index (χ0n) is 11.5. The Morgan fingerprint density at radius 1 is 1.00 bits per heavy atom. The topological polar surface area (TPSA) is 41.6 Å². The van der Waals surface area contributed by atoms with Crippen LogP contribution < -0.4 is 0 Å². The molecule has 0 bridgehead atoms. The van der Waals surface area contributed by atoms with Crippen LogP contribution in [0.3, 0.4) is 0 Å². The van der Waals surface area contributed by atoms with Crippen LogP contribution in [0.5, 0.6) is 0 Å². The van der Waals surface area contributed by atoms with Crippen LogP contribution in [0.2, 0.25) is 0 Å². The molecule has 17 heavy (non-hydrogen) atoms. The first-order chi connectivity index (χ1) is 7.69. The fourth-order valence-corrected chi connectivity index (χ4v) is 1.89. The molecule has 0 amide bonds. The molecule has 92 valence electrons. The Kier molecular flexibility index (Phi) is 2.53. The van der Waals surface area contributed by atoms with Gasteiger partial charge >= 0.3 is 0 Å². The SMILES string of the molecule is CC(C)(C)c1nc2nccc(C(C)(C)C)c2[nH]1. The van der Waals surface area contributed by atoms with Crippen LogP contribution in [0.15, 0.2) is 12.3 Å². The van der Waals surface area contributed by atoms with Gasteiger partial charge in [-0.2, -0.15) is 0 Å². The summed E-state index contributed by atoms with van der Waals surface area (Å²) in [4.78, 5) is 12.4. The molecule has 0 saturated heterocycles. The van der Waals surface area contributed by atoms with Crippen molar-refractivity contribution in [3.63, 3.8) is 0 Å². The smallest absolute Gasteiger partial charge is 0.178 e. The molecule has 0 radical (unpaired) electrons. The number of imidazole rings is 1. The molecular weight excluding hydrogens is 210 g/mol. The van der Waals surface area contributed by atoms with E-state index in [1.54, 1.807) is 0 Å². The zero-order chi connectivity index (χ0) is 12.8. The maximum atomic E-state index is 4.59. The molecule has 0 aliphatic heterocycles. The normalized spacial score (nSPS) is 13.3. The summed E-state index contributed by atoms with van der Waals surface area (Å²) in [5.74, 6) is 0.997. The Bertz CT molecular complexity index is 539. The maximum Gasteiger partial charge on any atom is 0.178 e. The van der Waals surface area contributed by atoms with E-state index in [4.69, 9.17) is 0 Å². The number of fused-ring (bicyclic) bond motifs is 1. The van der Waals surface area contributed by atoms with Crippen LogP contribution >= 0.6 is 0 Å². The molecule has 0 saturated carbocycles. The number of aromatic amines is 1. The van der Waals surface area contributed by atoms with E-state index in [1.807, 2.05) is 6.20 Å². The van der Waals surface area contributed by atoms with Gasteiger partial charge in [0.15, 0.2) is 5.65 Å². The van der Waals surface area contributed by atoms with Crippen molar-refractivity contribution < 1.29 is 0 Å². The molecule has 0 unspecified atom stereocenters. The molecule has 3 heteroatoms. The molecule has 2 heterocycles. The average molecular weight is 231 g/mol. The fourth-order valence-electron chi connectivity index (χ4n) is 1.89. The molecule has 2 aromatic rings. The van der Waals surface area contributed by atoms with Crippen molar-refractivity contribution in [3.8, 4) is 0 Å². The highest BCUT2D eigenvalue weighted by Gasteiger charge is 2.23. The van der Waals surface area contributed by atoms with E-state index in [0.29, 0.717) is 0 Å². The van der Waals surface area contributed by atoms with Crippen LogP contribution in [0.4, 0.5) is 0 Å². The highest BCUT2D eigenvalue weighted by Crippen LogP contribution is 2.29. The third kappa shape index (κ3) is 2.19. The van der Waals surface area contributed by atoms with Crippen LogP contribution in [-0.4, -0.2) is 15.0 Å². The second kappa shape index (κ2) is 3.56. The lowest BCUT2D eigenvalue weighted by Crippen LogP contribution is -2.14. The molecule has 0 aliphatic rings. The van der Waals surface area contributed by atoms with E-state index in [1.165, 1.54) is 5.56 Å². The molecular formula is C14H21N3. The van der Waals surface area contributed by atoms with Gasteiger partial charge in [0, 0.05) is 11.6 Å². The van der Waals surface area contributed by atoms with Crippen LogP contribution in [0.1, 0.15) is 52.9 Å². The summed E-state index contributed by atoms with van der Waals surface area (Å²) in [5.41, 5.74) is 3.29. The van der Waals surface area contributed by atoms with Crippen LogP contribution in [-0.2, 0) is 10.8 Å². The van der Waals surface area contributed by atoms with Crippen molar-refractivity contribution in [1.82, 2.24) is 15.0 Å². The number of H-pyrrole nitrogens is 1. The number of pyridine rings is 1. The number of hydrogen-bond acceptors (Lipinski definition) is 2. The summed E-state index contributed by atoms with van der Waals surface area (Å²) in [7, 11) is 0. The third-order valence-corrected chi connectivity index (χ3v) is 2.91. The molecule has 2 aromatic heterocycles. The first kappa shape index (κ1) is 12.1. The van der Waals surface area contributed by atoms with Crippen molar-refractivity contribution >= 4 is 11.2 Å². The first-order valence-corrected chi connectivity index (χ1v) is 6.05. The van der Waals surface area contributed by atoms with Crippen molar-refractivity contribution in [2.24, 2.45) is 0 Å². The molecule has 0 spiro atoms. The van der Waals surface area contributed by atoms with Crippen LogP contribution in [0.25, 0.3) is 11.2 Å². The molecule has 0 aliphatic carbocycles. The summed E-state index contributed by atoms with van der Waals surface area (Å²) in [5, 5.41) is 0. The van der Waals surface area contributed by atoms with Crippen molar-refractivity contribution in [1.29, 1.82) is 0 Å². The number of nitrogens with one attached hydrogen (secondary N) is 1.